The van der Waals surface area contributed by atoms with Gasteiger partial charge >= 0.3 is 0 Å². The molecule has 0 aromatic carbocycles. The van der Waals surface area contributed by atoms with E-state index in [1.165, 1.54) is 0 Å². The van der Waals surface area contributed by atoms with Gasteiger partial charge in [0.1, 0.15) is 17.6 Å². The number of aromatic nitrogens is 1. The number of rotatable bonds is 6. The Morgan fingerprint density at radius 1 is 1.56 bits per heavy atom. The van der Waals surface area contributed by atoms with Crippen LogP contribution in [0.3, 0.4) is 0 Å². The van der Waals surface area contributed by atoms with Crippen LogP contribution in [0.2, 0.25) is 0 Å². The van der Waals surface area contributed by atoms with Crippen LogP contribution in [0.25, 0.3) is 0 Å². The molecule has 0 aliphatic carbocycles. The molecule has 0 radical (unpaired) electrons. The van der Waals surface area contributed by atoms with Crippen molar-refractivity contribution in [2.24, 2.45) is 5.73 Å². The number of nitrogens with one attached hydrogen (secondary N) is 1. The zero-order valence-electron chi connectivity index (χ0n) is 9.61. The van der Waals surface area contributed by atoms with Gasteiger partial charge in [0.2, 0.25) is 0 Å². The van der Waals surface area contributed by atoms with Crippen molar-refractivity contribution in [1.29, 1.82) is 5.26 Å². The third kappa shape index (κ3) is 3.87. The molecule has 1 heterocycles. The topological polar surface area (TPSA) is 74.7 Å². The lowest BCUT2D eigenvalue weighted by atomic mass is 10.1. The molecule has 0 saturated heterocycles. The zero-order valence-corrected chi connectivity index (χ0v) is 9.61. The Morgan fingerprint density at radius 2 is 2.38 bits per heavy atom. The predicted octanol–water partition coefficient (Wildman–Crippen LogP) is 1.88. The predicted molar refractivity (Wildman–Crippen MR) is 64.9 cm³/mol. The summed E-state index contributed by atoms with van der Waals surface area (Å²) in [6, 6.07) is 7.62. The van der Waals surface area contributed by atoms with Crippen molar-refractivity contribution in [3.63, 3.8) is 0 Å². The first kappa shape index (κ1) is 12.5. The Balaban J connectivity index is 2.59. The molecule has 0 saturated carbocycles. The molecule has 1 aromatic heterocycles. The SMILES string of the molecule is CCCCC(CN)Nc1cccc(C#N)n1. The fraction of sp³-hybridized carbons (Fsp3) is 0.500. The molecule has 0 amide bonds. The molecule has 0 bridgehead atoms. The van der Waals surface area contributed by atoms with Crippen LogP contribution in [-0.4, -0.2) is 17.6 Å². The van der Waals surface area contributed by atoms with Gasteiger partial charge in [0, 0.05) is 12.6 Å². The van der Waals surface area contributed by atoms with Gasteiger partial charge in [0.05, 0.1) is 0 Å². The van der Waals surface area contributed by atoms with Crippen LogP contribution in [0.1, 0.15) is 31.9 Å². The lowest BCUT2D eigenvalue weighted by Gasteiger charge is -2.16. The highest BCUT2D eigenvalue weighted by Crippen LogP contribution is 2.09. The zero-order chi connectivity index (χ0) is 11.8. The molecule has 1 unspecified atom stereocenters. The van der Waals surface area contributed by atoms with E-state index in [1.807, 2.05) is 18.2 Å². The Kier molecular flexibility index (Phi) is 5.30. The average molecular weight is 218 g/mol. The monoisotopic (exact) mass is 218 g/mol. The van der Waals surface area contributed by atoms with Gasteiger partial charge in [-0.1, -0.05) is 25.8 Å². The summed E-state index contributed by atoms with van der Waals surface area (Å²) < 4.78 is 0. The summed E-state index contributed by atoms with van der Waals surface area (Å²) >= 11 is 0. The van der Waals surface area contributed by atoms with E-state index in [-0.39, 0.29) is 6.04 Å². The summed E-state index contributed by atoms with van der Waals surface area (Å²) in [5, 5.41) is 12.0. The fourth-order valence-corrected chi connectivity index (χ4v) is 1.49. The molecule has 4 nitrogen and oxygen atoms in total. The molecule has 1 rings (SSSR count). The van der Waals surface area contributed by atoms with E-state index in [2.05, 4.69) is 17.2 Å². The highest BCUT2D eigenvalue weighted by atomic mass is 15.0. The van der Waals surface area contributed by atoms with Crippen LogP contribution < -0.4 is 11.1 Å². The molecule has 0 fully saturated rings. The highest BCUT2D eigenvalue weighted by Gasteiger charge is 2.06. The number of hydrogen-bond acceptors (Lipinski definition) is 4. The van der Waals surface area contributed by atoms with E-state index >= 15 is 0 Å². The maximum Gasteiger partial charge on any atom is 0.142 e. The van der Waals surface area contributed by atoms with E-state index < -0.39 is 0 Å². The molecule has 1 aromatic rings. The lowest BCUT2D eigenvalue weighted by Crippen LogP contribution is -2.29. The summed E-state index contributed by atoms with van der Waals surface area (Å²) in [6.07, 6.45) is 3.34. The second-order valence-electron chi connectivity index (χ2n) is 3.74. The highest BCUT2D eigenvalue weighted by molar-refractivity contribution is 5.39. The van der Waals surface area contributed by atoms with Gasteiger partial charge in [-0.2, -0.15) is 5.26 Å². The summed E-state index contributed by atoms with van der Waals surface area (Å²) in [4.78, 5) is 4.16. The van der Waals surface area contributed by atoms with E-state index in [1.54, 1.807) is 6.07 Å². The van der Waals surface area contributed by atoms with Crippen molar-refractivity contribution in [2.75, 3.05) is 11.9 Å². The third-order valence-electron chi connectivity index (χ3n) is 2.41. The Bertz CT molecular complexity index is 356. The number of nitrogens with zero attached hydrogens (tertiary/aromatic N) is 2. The standard InChI is InChI=1S/C12H18N4/c1-2-3-5-10(8-13)15-12-7-4-6-11(9-14)16-12/h4,6-7,10H,2-3,5,8,13H2,1H3,(H,15,16). The second kappa shape index (κ2) is 6.81. The Morgan fingerprint density at radius 3 is 3.00 bits per heavy atom. The van der Waals surface area contributed by atoms with E-state index in [9.17, 15) is 0 Å². The first-order valence-electron chi connectivity index (χ1n) is 5.64. The van der Waals surface area contributed by atoms with Crippen molar-refractivity contribution in [3.05, 3.63) is 23.9 Å². The summed E-state index contributed by atoms with van der Waals surface area (Å²) in [6.45, 7) is 2.74. The number of nitriles is 1. The van der Waals surface area contributed by atoms with Crippen molar-refractivity contribution >= 4 is 5.82 Å². The fourth-order valence-electron chi connectivity index (χ4n) is 1.49. The third-order valence-corrected chi connectivity index (χ3v) is 2.41. The molecule has 4 heteroatoms. The number of unbranched alkanes of at least 4 members (excludes halogenated alkanes) is 1. The minimum atomic E-state index is 0.237. The van der Waals surface area contributed by atoms with Crippen LogP contribution in [0.5, 0.6) is 0 Å². The summed E-state index contributed by atoms with van der Waals surface area (Å²) in [5.74, 6) is 0.727. The summed E-state index contributed by atoms with van der Waals surface area (Å²) in [7, 11) is 0. The normalized spacial score (nSPS) is 11.8. The van der Waals surface area contributed by atoms with Crippen molar-refractivity contribution in [1.82, 2.24) is 4.98 Å². The maximum atomic E-state index is 8.73. The van der Waals surface area contributed by atoms with E-state index in [4.69, 9.17) is 11.0 Å². The van der Waals surface area contributed by atoms with Gasteiger partial charge in [-0.3, -0.25) is 0 Å². The van der Waals surface area contributed by atoms with Gasteiger partial charge in [-0.05, 0) is 18.6 Å². The Labute approximate surface area is 96.5 Å². The van der Waals surface area contributed by atoms with Crippen LogP contribution in [0.15, 0.2) is 18.2 Å². The first-order valence-corrected chi connectivity index (χ1v) is 5.64. The van der Waals surface area contributed by atoms with E-state index in [0.717, 1.165) is 25.1 Å². The minimum absolute atomic E-state index is 0.237. The number of nitrogens with two attached hydrogens (primary N) is 1. The number of pyridine rings is 1. The molecule has 0 aliphatic rings. The van der Waals surface area contributed by atoms with Crippen LogP contribution in [0, 0.1) is 11.3 Å². The van der Waals surface area contributed by atoms with Crippen LogP contribution >= 0.6 is 0 Å². The Hall–Kier alpha value is -1.60. The van der Waals surface area contributed by atoms with Crippen LogP contribution in [-0.2, 0) is 0 Å². The molecule has 86 valence electrons. The molecule has 0 spiro atoms. The van der Waals surface area contributed by atoms with Gasteiger partial charge in [0.25, 0.3) is 0 Å². The molecular formula is C12H18N4. The minimum Gasteiger partial charge on any atom is -0.366 e. The summed E-state index contributed by atoms with van der Waals surface area (Å²) in [5.41, 5.74) is 6.10. The number of hydrogen-bond donors (Lipinski definition) is 2. The molecule has 16 heavy (non-hydrogen) atoms. The van der Waals surface area contributed by atoms with Crippen LogP contribution in [0.4, 0.5) is 5.82 Å². The quantitative estimate of drug-likeness (QED) is 0.764. The maximum absolute atomic E-state index is 8.73. The van der Waals surface area contributed by atoms with Gasteiger partial charge in [0.15, 0.2) is 0 Å². The van der Waals surface area contributed by atoms with Crippen molar-refractivity contribution in [2.45, 2.75) is 32.2 Å². The van der Waals surface area contributed by atoms with Crippen molar-refractivity contribution in [3.8, 4) is 6.07 Å². The molecular weight excluding hydrogens is 200 g/mol. The second-order valence-corrected chi connectivity index (χ2v) is 3.74. The molecule has 1 atom stereocenters. The lowest BCUT2D eigenvalue weighted by molar-refractivity contribution is 0.612. The number of anilines is 1. The van der Waals surface area contributed by atoms with E-state index in [0.29, 0.717) is 12.2 Å². The smallest absolute Gasteiger partial charge is 0.142 e. The van der Waals surface area contributed by atoms with Crippen molar-refractivity contribution < 1.29 is 0 Å². The first-order chi connectivity index (χ1) is 7.80. The van der Waals surface area contributed by atoms with Gasteiger partial charge < -0.3 is 11.1 Å². The molecule has 3 N–H and O–H groups in total. The van der Waals surface area contributed by atoms with Gasteiger partial charge in [-0.15, -0.1) is 0 Å². The largest absolute Gasteiger partial charge is 0.366 e. The molecule has 0 aliphatic heterocycles. The van der Waals surface area contributed by atoms with Gasteiger partial charge in [-0.25, -0.2) is 4.98 Å². The average Bonchev–Trinajstić information content (AvgIpc) is 2.34.